The molecule has 18 heteroatoms. The van der Waals surface area contributed by atoms with Gasteiger partial charge in [0, 0.05) is 55.4 Å². The standard InChI is InChI=1S/C38H30N4O12S2/c1-19-3-5-21(15-27(19)35(45)41-31-11-13-33(43)29-17-23(55(49,50)51)7-9-25(29)31)39-37(47)38(48)40-22-6-4-20(2)28(16-22)36(46)42-32-12-14-34(44)30-18-24(56(52,53)54)8-10-26(30)32/h3-18,43-44H,1-2H3,(H,39,47)(H,40,48)(H,41,45)(H,42,46)(H,49,50,51)(H,52,53,54). The molecule has 0 aliphatic heterocycles. The van der Waals surface area contributed by atoms with Crippen molar-refractivity contribution < 1.29 is 55.3 Å². The molecule has 0 atom stereocenters. The van der Waals surface area contributed by atoms with E-state index in [4.69, 9.17) is 0 Å². The summed E-state index contributed by atoms with van der Waals surface area (Å²) in [5.41, 5.74) is 1.78. The lowest BCUT2D eigenvalue weighted by molar-refractivity contribution is -0.132. The minimum absolute atomic E-state index is 0.0492. The van der Waals surface area contributed by atoms with Gasteiger partial charge in [-0.3, -0.25) is 28.3 Å². The third kappa shape index (κ3) is 8.12. The van der Waals surface area contributed by atoms with Gasteiger partial charge in [0.2, 0.25) is 0 Å². The van der Waals surface area contributed by atoms with Crippen LogP contribution in [0.15, 0.2) is 107 Å². The zero-order valence-corrected chi connectivity index (χ0v) is 30.7. The maximum atomic E-state index is 13.4. The minimum atomic E-state index is -4.57. The van der Waals surface area contributed by atoms with Gasteiger partial charge in [0.25, 0.3) is 32.1 Å². The molecule has 0 bridgehead atoms. The summed E-state index contributed by atoms with van der Waals surface area (Å²) in [6.45, 7) is 3.27. The van der Waals surface area contributed by atoms with E-state index in [0.29, 0.717) is 11.1 Å². The number of amides is 4. The van der Waals surface area contributed by atoms with Gasteiger partial charge >= 0.3 is 11.8 Å². The summed E-state index contributed by atoms with van der Waals surface area (Å²) in [6, 6.07) is 20.9. The Morgan fingerprint density at radius 2 is 0.839 bits per heavy atom. The number of carbonyl (C=O) groups is 4. The van der Waals surface area contributed by atoms with E-state index in [1.165, 1.54) is 72.8 Å². The molecular formula is C38H30N4O12S2. The molecule has 4 amide bonds. The molecule has 0 aliphatic carbocycles. The number of anilines is 4. The lowest BCUT2D eigenvalue weighted by Gasteiger charge is -2.14. The van der Waals surface area contributed by atoms with E-state index in [2.05, 4.69) is 21.3 Å². The van der Waals surface area contributed by atoms with Gasteiger partial charge in [-0.1, -0.05) is 24.3 Å². The number of aromatic hydroxyl groups is 2. The molecule has 0 spiro atoms. The number of phenols is 2. The smallest absolute Gasteiger partial charge is 0.314 e. The summed E-state index contributed by atoms with van der Waals surface area (Å²) in [6.07, 6.45) is 0. The second kappa shape index (κ2) is 14.8. The van der Waals surface area contributed by atoms with Crippen molar-refractivity contribution in [2.24, 2.45) is 0 Å². The van der Waals surface area contributed by atoms with Crippen LogP contribution in [-0.2, 0) is 29.8 Å². The maximum Gasteiger partial charge on any atom is 0.314 e. The summed E-state index contributed by atoms with van der Waals surface area (Å²) >= 11 is 0. The van der Waals surface area contributed by atoms with Gasteiger partial charge in [-0.05, 0) is 97.8 Å². The second-order valence-corrected chi connectivity index (χ2v) is 15.3. The predicted octanol–water partition coefficient (Wildman–Crippen LogP) is 5.60. The Bertz CT molecular complexity index is 2700. The molecule has 56 heavy (non-hydrogen) atoms. The van der Waals surface area contributed by atoms with E-state index >= 15 is 0 Å². The zero-order valence-electron chi connectivity index (χ0n) is 29.1. The van der Waals surface area contributed by atoms with Gasteiger partial charge in [0.15, 0.2) is 0 Å². The topological polar surface area (TPSA) is 266 Å². The molecule has 0 radical (unpaired) electrons. The van der Waals surface area contributed by atoms with Crippen LogP contribution < -0.4 is 21.3 Å². The maximum absolute atomic E-state index is 13.4. The first-order valence-electron chi connectivity index (χ1n) is 16.2. The van der Waals surface area contributed by atoms with Crippen LogP contribution in [0.5, 0.6) is 11.5 Å². The van der Waals surface area contributed by atoms with Crippen LogP contribution in [0.3, 0.4) is 0 Å². The number of nitrogens with one attached hydrogen (secondary N) is 4. The lowest BCUT2D eigenvalue weighted by atomic mass is 10.0. The molecule has 0 fully saturated rings. The Morgan fingerprint density at radius 3 is 1.20 bits per heavy atom. The molecule has 0 saturated heterocycles. The quantitative estimate of drug-likeness (QED) is 0.0532. The number of rotatable bonds is 8. The van der Waals surface area contributed by atoms with Gasteiger partial charge in [-0.2, -0.15) is 16.8 Å². The van der Waals surface area contributed by atoms with Crippen molar-refractivity contribution in [1.29, 1.82) is 0 Å². The number of carbonyl (C=O) groups excluding carboxylic acids is 4. The van der Waals surface area contributed by atoms with Crippen LogP contribution in [0.2, 0.25) is 0 Å². The first kappa shape index (κ1) is 38.9. The van der Waals surface area contributed by atoms with Crippen molar-refractivity contribution in [1.82, 2.24) is 0 Å². The minimum Gasteiger partial charge on any atom is -0.507 e. The van der Waals surface area contributed by atoms with E-state index in [-0.39, 0.29) is 66.9 Å². The highest BCUT2D eigenvalue weighted by Gasteiger charge is 2.21. The number of hydrogen-bond acceptors (Lipinski definition) is 10. The van der Waals surface area contributed by atoms with Crippen LogP contribution in [0.25, 0.3) is 21.5 Å². The van der Waals surface area contributed by atoms with Crippen molar-refractivity contribution in [3.8, 4) is 11.5 Å². The molecule has 6 aromatic rings. The normalized spacial score (nSPS) is 11.6. The SMILES string of the molecule is Cc1ccc(NC(=O)C(=O)Nc2ccc(C)c(C(=O)Nc3ccc(O)c4cc(S(=O)(=O)O)ccc34)c2)cc1C(=O)Nc1ccc(O)c2cc(S(=O)(=O)O)ccc12. The number of benzene rings is 6. The monoisotopic (exact) mass is 798 g/mol. The van der Waals surface area contributed by atoms with E-state index in [1.807, 2.05) is 0 Å². The summed E-state index contributed by atoms with van der Waals surface area (Å²) in [5, 5.41) is 31.5. The van der Waals surface area contributed by atoms with Crippen molar-refractivity contribution in [2.75, 3.05) is 21.3 Å². The Kier molecular flexibility index (Phi) is 10.2. The van der Waals surface area contributed by atoms with E-state index in [9.17, 15) is 55.3 Å². The number of aryl methyl sites for hydroxylation is 2. The molecule has 6 rings (SSSR count). The summed E-state index contributed by atoms with van der Waals surface area (Å²) in [5.74, 6) is -4.07. The Morgan fingerprint density at radius 1 is 0.464 bits per heavy atom. The molecule has 6 aromatic carbocycles. The summed E-state index contributed by atoms with van der Waals surface area (Å²) < 4.78 is 65.2. The zero-order chi connectivity index (χ0) is 40.7. The molecular weight excluding hydrogens is 769 g/mol. The van der Waals surface area contributed by atoms with E-state index in [0.717, 1.165) is 24.3 Å². The fourth-order valence-electron chi connectivity index (χ4n) is 5.81. The molecule has 0 unspecified atom stereocenters. The van der Waals surface area contributed by atoms with Crippen LogP contribution in [-0.4, -0.2) is 59.8 Å². The predicted molar refractivity (Wildman–Crippen MR) is 206 cm³/mol. The average Bonchev–Trinajstić information content (AvgIpc) is 3.14. The van der Waals surface area contributed by atoms with Gasteiger partial charge in [-0.25, -0.2) is 0 Å². The van der Waals surface area contributed by atoms with Gasteiger partial charge in [-0.15, -0.1) is 0 Å². The third-order valence-electron chi connectivity index (χ3n) is 8.71. The van der Waals surface area contributed by atoms with Crippen LogP contribution >= 0.6 is 0 Å². The Labute approximate surface area is 318 Å². The average molecular weight is 799 g/mol. The largest absolute Gasteiger partial charge is 0.507 e. The van der Waals surface area contributed by atoms with Crippen molar-refractivity contribution in [2.45, 2.75) is 23.6 Å². The van der Waals surface area contributed by atoms with Gasteiger partial charge in [0.05, 0.1) is 9.79 Å². The van der Waals surface area contributed by atoms with E-state index in [1.54, 1.807) is 13.8 Å². The molecule has 8 N–H and O–H groups in total. The highest BCUT2D eigenvalue weighted by molar-refractivity contribution is 7.86. The number of fused-ring (bicyclic) bond motifs is 2. The Balaban J connectivity index is 1.15. The fraction of sp³-hybridized carbons (Fsp3) is 0.0526. The number of phenolic OH excluding ortho intramolecular Hbond substituents is 2. The first-order chi connectivity index (χ1) is 26.3. The molecule has 0 aromatic heterocycles. The van der Waals surface area contributed by atoms with Crippen molar-refractivity contribution >= 4 is 88.2 Å². The lowest BCUT2D eigenvalue weighted by Crippen LogP contribution is -2.29. The molecule has 0 heterocycles. The molecule has 0 saturated carbocycles. The van der Waals surface area contributed by atoms with Gasteiger partial charge in [0.1, 0.15) is 11.5 Å². The van der Waals surface area contributed by atoms with Crippen molar-refractivity contribution in [3.63, 3.8) is 0 Å². The van der Waals surface area contributed by atoms with Crippen LogP contribution in [0.4, 0.5) is 22.7 Å². The van der Waals surface area contributed by atoms with Crippen LogP contribution in [0, 0.1) is 13.8 Å². The molecule has 286 valence electrons. The fourth-order valence-corrected chi connectivity index (χ4v) is 6.82. The molecule has 16 nitrogen and oxygen atoms in total. The van der Waals surface area contributed by atoms with Gasteiger partial charge < -0.3 is 31.5 Å². The first-order valence-corrected chi connectivity index (χ1v) is 19.1. The summed E-state index contributed by atoms with van der Waals surface area (Å²) in [4.78, 5) is 51.8. The highest BCUT2D eigenvalue weighted by atomic mass is 32.2. The summed E-state index contributed by atoms with van der Waals surface area (Å²) in [7, 11) is -9.13. The highest BCUT2D eigenvalue weighted by Crippen LogP contribution is 2.35. The Hall–Kier alpha value is -6.86. The van der Waals surface area contributed by atoms with Crippen molar-refractivity contribution in [3.05, 3.63) is 119 Å². The molecule has 0 aliphatic rings. The second-order valence-electron chi connectivity index (χ2n) is 12.5. The van der Waals surface area contributed by atoms with Crippen LogP contribution in [0.1, 0.15) is 31.8 Å². The van der Waals surface area contributed by atoms with E-state index < -0.39 is 53.7 Å². The third-order valence-corrected chi connectivity index (χ3v) is 10.4. The number of hydrogen-bond donors (Lipinski definition) is 8.